The number of carbonyl (C=O) groups is 1. The summed E-state index contributed by atoms with van der Waals surface area (Å²) in [4.78, 5) is 16.1. The smallest absolute Gasteiger partial charge is 0.278 e. The molecule has 7 heteroatoms. The van der Waals surface area contributed by atoms with Crippen molar-refractivity contribution in [1.29, 1.82) is 0 Å². The second-order valence-electron chi connectivity index (χ2n) is 11.0. The van der Waals surface area contributed by atoms with Gasteiger partial charge < -0.3 is 14.5 Å². The van der Waals surface area contributed by atoms with Gasteiger partial charge in [-0.3, -0.25) is 4.79 Å². The number of fused-ring (bicyclic) bond motifs is 4. The summed E-state index contributed by atoms with van der Waals surface area (Å²) in [6, 6.07) is 23.4. The van der Waals surface area contributed by atoms with Gasteiger partial charge in [0.1, 0.15) is 5.58 Å². The van der Waals surface area contributed by atoms with Crippen molar-refractivity contribution in [2.75, 3.05) is 0 Å². The zero-order valence-corrected chi connectivity index (χ0v) is 28.2. The minimum Gasteiger partial charge on any atom is -0.512 e. The van der Waals surface area contributed by atoms with Crippen molar-refractivity contribution >= 4 is 55.3 Å². The summed E-state index contributed by atoms with van der Waals surface area (Å²) in [5.41, 5.74) is 2.94. The maximum absolute atomic E-state index is 13.5. The van der Waals surface area contributed by atoms with E-state index in [1.807, 2.05) is 76.2 Å². The molecule has 0 unspecified atom stereocenters. The monoisotopic (exact) mass is 785 g/mol. The molecule has 45 heavy (non-hydrogen) atoms. The predicted molar refractivity (Wildman–Crippen MR) is 176 cm³/mol. The van der Waals surface area contributed by atoms with Crippen LogP contribution in [0.3, 0.4) is 0 Å². The SMILES string of the molecule is CCC(CC)C(=O)/C=C(\O)C(CC)CC.FC(F)=c1ccc2c3oc4c(-c5ccccn5)[c-]ccc4c3cc3cccc1c32.[Ir]. The summed E-state index contributed by atoms with van der Waals surface area (Å²) in [6.45, 7) is 8.07. The van der Waals surface area contributed by atoms with E-state index >= 15 is 0 Å². The van der Waals surface area contributed by atoms with Crippen LogP contribution in [0.5, 0.6) is 0 Å². The Morgan fingerprint density at radius 2 is 1.60 bits per heavy atom. The average molecular weight is 785 g/mol. The van der Waals surface area contributed by atoms with Gasteiger partial charge in [-0.1, -0.05) is 69.0 Å². The molecule has 2 aromatic heterocycles. The molecule has 4 nitrogen and oxygen atoms in total. The average Bonchev–Trinajstić information content (AvgIpc) is 3.42. The minimum absolute atomic E-state index is 0. The Bertz CT molecular complexity index is 2020. The van der Waals surface area contributed by atoms with E-state index in [0.29, 0.717) is 16.6 Å². The molecule has 6 aromatic rings. The molecule has 0 aliphatic rings. The van der Waals surface area contributed by atoms with Crippen LogP contribution in [0.15, 0.2) is 89.2 Å². The molecule has 0 atom stereocenters. The molecule has 0 amide bonds. The third-order valence-electron chi connectivity index (χ3n) is 8.51. The first-order valence-electron chi connectivity index (χ1n) is 15.2. The molecule has 0 saturated heterocycles. The van der Waals surface area contributed by atoms with Crippen LogP contribution in [0.25, 0.3) is 60.8 Å². The number of allylic oxidation sites excluding steroid dienone is 2. The van der Waals surface area contributed by atoms with Gasteiger partial charge in [0.2, 0.25) is 0 Å². The summed E-state index contributed by atoms with van der Waals surface area (Å²) in [5, 5.41) is 14.7. The fourth-order valence-corrected chi connectivity index (χ4v) is 5.97. The number of hydrogen-bond acceptors (Lipinski definition) is 4. The van der Waals surface area contributed by atoms with Gasteiger partial charge in [0, 0.05) is 65.6 Å². The minimum atomic E-state index is -1.68. The molecular formula is C38H36F2IrNO3-. The van der Waals surface area contributed by atoms with Crippen molar-refractivity contribution in [2.24, 2.45) is 11.8 Å². The number of aliphatic hydroxyl groups is 1. The van der Waals surface area contributed by atoms with E-state index in [-0.39, 0.29) is 48.7 Å². The van der Waals surface area contributed by atoms with Gasteiger partial charge in [0.05, 0.1) is 11.3 Å². The molecule has 235 valence electrons. The first kappa shape index (κ1) is 34.0. The van der Waals surface area contributed by atoms with Crippen LogP contribution in [0, 0.1) is 17.9 Å². The molecule has 2 heterocycles. The topological polar surface area (TPSA) is 63.3 Å². The number of furan rings is 1. The molecule has 1 N–H and O–H groups in total. The quantitative estimate of drug-likeness (QED) is 0.0949. The van der Waals surface area contributed by atoms with Crippen LogP contribution in [0.1, 0.15) is 53.4 Å². The van der Waals surface area contributed by atoms with Gasteiger partial charge >= 0.3 is 0 Å². The van der Waals surface area contributed by atoms with Gasteiger partial charge in [-0.05, 0) is 66.4 Å². The number of nitrogens with zero attached hydrogens (tertiary/aromatic N) is 1. The summed E-state index contributed by atoms with van der Waals surface area (Å²) in [7, 11) is 0. The van der Waals surface area contributed by atoms with Crippen molar-refractivity contribution in [3.8, 4) is 11.3 Å². The van der Waals surface area contributed by atoms with Crippen LogP contribution in [0.4, 0.5) is 8.78 Å². The van der Waals surface area contributed by atoms with E-state index in [9.17, 15) is 18.7 Å². The summed E-state index contributed by atoms with van der Waals surface area (Å²) in [6.07, 6.45) is 4.96. The Labute approximate surface area is 275 Å². The molecule has 1 radical (unpaired) electrons. The van der Waals surface area contributed by atoms with E-state index in [4.69, 9.17) is 4.42 Å². The summed E-state index contributed by atoms with van der Waals surface area (Å²) in [5.74, 6) is 0.547. The van der Waals surface area contributed by atoms with Crippen LogP contribution >= 0.6 is 0 Å². The number of rotatable bonds is 8. The third kappa shape index (κ3) is 6.70. The molecule has 0 bridgehead atoms. The van der Waals surface area contributed by atoms with Gasteiger partial charge in [0.15, 0.2) is 5.78 Å². The van der Waals surface area contributed by atoms with Crippen molar-refractivity contribution in [1.82, 2.24) is 4.98 Å². The second-order valence-corrected chi connectivity index (χ2v) is 11.0. The van der Waals surface area contributed by atoms with E-state index in [2.05, 4.69) is 11.1 Å². The Morgan fingerprint density at radius 3 is 2.24 bits per heavy atom. The van der Waals surface area contributed by atoms with Gasteiger partial charge in [-0.25, -0.2) is 0 Å². The number of aromatic nitrogens is 1. The Balaban J connectivity index is 0.000000249. The number of benzene rings is 4. The zero-order valence-electron chi connectivity index (χ0n) is 25.8. The molecule has 0 fully saturated rings. The zero-order chi connectivity index (χ0) is 31.4. The summed E-state index contributed by atoms with van der Waals surface area (Å²) < 4.78 is 33.2. The van der Waals surface area contributed by atoms with Gasteiger partial charge in [-0.15, -0.1) is 18.2 Å². The van der Waals surface area contributed by atoms with Crippen molar-refractivity contribution in [3.05, 3.63) is 96.0 Å². The second kappa shape index (κ2) is 14.9. The van der Waals surface area contributed by atoms with Crippen LogP contribution in [-0.4, -0.2) is 15.9 Å². The fourth-order valence-electron chi connectivity index (χ4n) is 5.97. The number of carbonyl (C=O) groups excluding carboxylic acids is 1. The van der Waals surface area contributed by atoms with Crippen molar-refractivity contribution in [3.63, 3.8) is 0 Å². The molecule has 4 aromatic carbocycles. The maximum Gasteiger partial charge on any atom is 0.278 e. The molecule has 0 saturated carbocycles. The molecule has 0 spiro atoms. The normalized spacial score (nSPS) is 11.8. The first-order valence-corrected chi connectivity index (χ1v) is 15.2. The first-order chi connectivity index (χ1) is 21.3. The predicted octanol–water partition coefficient (Wildman–Crippen LogP) is 10.3. The van der Waals surface area contributed by atoms with Gasteiger partial charge in [0.25, 0.3) is 6.08 Å². The Hall–Kier alpha value is -3.93. The molecule has 0 aliphatic heterocycles. The van der Waals surface area contributed by atoms with Crippen LogP contribution < -0.4 is 5.22 Å². The number of halogens is 2. The van der Waals surface area contributed by atoms with E-state index in [1.165, 1.54) is 12.1 Å². The van der Waals surface area contributed by atoms with Crippen molar-refractivity contribution < 1.29 is 43.2 Å². The standard InChI is InChI=1S/C25H12F2NO.C13H24O2.Ir/c26-25(27)17-10-11-19-22-14(5-3-6-15(17)22)13-20-16-7-4-8-18(23(16)29-24(19)20)21-9-1-2-12-28-21;1-5-10(6-2)12(14)9-13(15)11(7-3)8-4;/h1-7,9-13H;9-11,14H,5-8H2,1-4H3;/q-1;;/b;12-9-;. The molecular weight excluding hydrogens is 749 g/mol. The fraction of sp³-hybridized carbons (Fsp3) is 0.263. The van der Waals surface area contributed by atoms with Crippen LogP contribution in [-0.2, 0) is 24.9 Å². The Morgan fingerprint density at radius 1 is 0.867 bits per heavy atom. The van der Waals surface area contributed by atoms with Crippen molar-refractivity contribution in [2.45, 2.75) is 53.4 Å². The maximum atomic E-state index is 13.5. The van der Waals surface area contributed by atoms with E-state index in [0.717, 1.165) is 63.9 Å². The van der Waals surface area contributed by atoms with Crippen LogP contribution in [0.2, 0.25) is 0 Å². The van der Waals surface area contributed by atoms with E-state index in [1.54, 1.807) is 18.3 Å². The number of ketones is 1. The third-order valence-corrected chi connectivity index (χ3v) is 8.51. The number of pyridine rings is 1. The van der Waals surface area contributed by atoms with Gasteiger partial charge in [-0.2, -0.15) is 8.78 Å². The molecule has 6 rings (SSSR count). The summed E-state index contributed by atoms with van der Waals surface area (Å²) >= 11 is 0. The molecule has 0 aliphatic carbocycles. The Kier molecular flexibility index (Phi) is 11.2. The van der Waals surface area contributed by atoms with E-state index < -0.39 is 6.08 Å². The number of aliphatic hydroxyl groups excluding tert-OH is 1. The number of hydrogen-bond donors (Lipinski definition) is 1. The largest absolute Gasteiger partial charge is 0.512 e.